The molecule has 4 nitrogen and oxygen atoms in total. The first-order valence-corrected chi connectivity index (χ1v) is 6.80. The highest BCUT2D eigenvalue weighted by atomic mass is 15.2. The highest BCUT2D eigenvalue weighted by Gasteiger charge is 2.39. The predicted octanol–water partition coefficient (Wildman–Crippen LogP) is 1.62. The van der Waals surface area contributed by atoms with Crippen LogP contribution in [0.1, 0.15) is 32.3 Å². The van der Waals surface area contributed by atoms with Crippen molar-refractivity contribution in [2.75, 3.05) is 13.6 Å². The van der Waals surface area contributed by atoms with Gasteiger partial charge in [0.25, 0.3) is 0 Å². The van der Waals surface area contributed by atoms with Crippen LogP contribution in [-0.2, 0) is 13.6 Å². The lowest BCUT2D eigenvalue weighted by molar-refractivity contribution is 0.229. The Hall–Kier alpha value is -0.870. The third-order valence-electron chi connectivity index (χ3n) is 4.33. The van der Waals surface area contributed by atoms with Crippen LogP contribution < -0.4 is 5.73 Å². The third-order valence-corrected chi connectivity index (χ3v) is 4.33. The molecule has 4 heteroatoms. The fraction of sp³-hybridized carbons (Fsp3) is 0.786. The quantitative estimate of drug-likeness (QED) is 0.883. The van der Waals surface area contributed by atoms with Gasteiger partial charge < -0.3 is 10.6 Å². The maximum absolute atomic E-state index is 6.36. The summed E-state index contributed by atoms with van der Waals surface area (Å²) in [7, 11) is 4.13. The van der Waals surface area contributed by atoms with Gasteiger partial charge in [-0.15, -0.1) is 0 Å². The summed E-state index contributed by atoms with van der Waals surface area (Å²) in [6.07, 6.45) is 6.52. The van der Waals surface area contributed by atoms with E-state index in [0.29, 0.717) is 17.4 Å². The average Bonchev–Trinajstić information content (AvgIpc) is 2.78. The smallest absolute Gasteiger partial charge is 0.0534 e. The van der Waals surface area contributed by atoms with Gasteiger partial charge in [-0.3, -0.25) is 4.68 Å². The summed E-state index contributed by atoms with van der Waals surface area (Å²) in [6.45, 7) is 6.62. The van der Waals surface area contributed by atoms with E-state index in [1.54, 1.807) is 0 Å². The number of aryl methyl sites for hydroxylation is 1. The van der Waals surface area contributed by atoms with Crippen LogP contribution in [0.5, 0.6) is 0 Å². The molecule has 2 N–H and O–H groups in total. The fourth-order valence-corrected chi connectivity index (χ4v) is 3.08. The molecule has 102 valence electrons. The van der Waals surface area contributed by atoms with Gasteiger partial charge in [-0.2, -0.15) is 5.10 Å². The number of nitrogens with two attached hydrogens (primary N) is 1. The van der Waals surface area contributed by atoms with Crippen LogP contribution in [0, 0.1) is 11.3 Å². The second-order valence-electron chi connectivity index (χ2n) is 6.53. The Balaban J connectivity index is 1.87. The van der Waals surface area contributed by atoms with E-state index in [1.165, 1.54) is 18.4 Å². The van der Waals surface area contributed by atoms with Crippen LogP contribution >= 0.6 is 0 Å². The topological polar surface area (TPSA) is 47.1 Å². The Morgan fingerprint density at radius 3 is 2.78 bits per heavy atom. The van der Waals surface area contributed by atoms with Gasteiger partial charge in [-0.25, -0.2) is 0 Å². The minimum atomic E-state index is 0.305. The van der Waals surface area contributed by atoms with E-state index in [9.17, 15) is 0 Å². The van der Waals surface area contributed by atoms with Gasteiger partial charge in [0.15, 0.2) is 0 Å². The molecule has 2 atom stereocenters. The van der Waals surface area contributed by atoms with E-state index in [-0.39, 0.29) is 0 Å². The molecule has 0 spiro atoms. The van der Waals surface area contributed by atoms with Gasteiger partial charge in [0.05, 0.1) is 6.20 Å². The summed E-state index contributed by atoms with van der Waals surface area (Å²) in [4.78, 5) is 2.36. The van der Waals surface area contributed by atoms with Gasteiger partial charge in [0.1, 0.15) is 0 Å². The lowest BCUT2D eigenvalue weighted by Gasteiger charge is -2.29. The molecule has 1 aromatic heterocycles. The summed E-state index contributed by atoms with van der Waals surface area (Å²) in [5.41, 5.74) is 7.93. The van der Waals surface area contributed by atoms with Crippen molar-refractivity contribution in [1.29, 1.82) is 0 Å². The number of nitrogens with zero attached hydrogens (tertiary/aromatic N) is 3. The summed E-state index contributed by atoms with van der Waals surface area (Å²) < 4.78 is 1.85. The monoisotopic (exact) mass is 250 g/mol. The minimum Gasteiger partial charge on any atom is -0.327 e. The lowest BCUT2D eigenvalue weighted by Crippen LogP contribution is -2.41. The zero-order valence-electron chi connectivity index (χ0n) is 12.1. The van der Waals surface area contributed by atoms with Crippen LogP contribution in [0.25, 0.3) is 0 Å². The van der Waals surface area contributed by atoms with E-state index in [0.717, 1.165) is 13.1 Å². The fourth-order valence-electron chi connectivity index (χ4n) is 3.08. The summed E-state index contributed by atoms with van der Waals surface area (Å²) >= 11 is 0. The van der Waals surface area contributed by atoms with Crippen molar-refractivity contribution in [2.24, 2.45) is 24.1 Å². The zero-order chi connectivity index (χ0) is 13.3. The van der Waals surface area contributed by atoms with E-state index in [2.05, 4.69) is 37.1 Å². The van der Waals surface area contributed by atoms with Gasteiger partial charge in [0, 0.05) is 37.9 Å². The number of rotatable bonds is 4. The van der Waals surface area contributed by atoms with E-state index < -0.39 is 0 Å². The van der Waals surface area contributed by atoms with Gasteiger partial charge >= 0.3 is 0 Å². The summed E-state index contributed by atoms with van der Waals surface area (Å²) in [6, 6.07) is 0.328. The first-order chi connectivity index (χ1) is 8.38. The Kier molecular flexibility index (Phi) is 3.78. The normalized spacial score (nSPS) is 27.0. The minimum absolute atomic E-state index is 0.305. The molecule has 0 bridgehead atoms. The second-order valence-corrected chi connectivity index (χ2v) is 6.53. The van der Waals surface area contributed by atoms with Crippen molar-refractivity contribution in [2.45, 2.75) is 39.3 Å². The standard InChI is InChI=1S/C14H26N4/c1-14(2)6-5-12(13(14)15)10-17(3)8-11-7-16-18(4)9-11/h7,9,12-13H,5-6,8,10,15H2,1-4H3. The molecule has 0 aliphatic heterocycles. The number of aromatic nitrogens is 2. The maximum Gasteiger partial charge on any atom is 0.0534 e. The molecular weight excluding hydrogens is 224 g/mol. The van der Waals surface area contributed by atoms with E-state index in [4.69, 9.17) is 5.73 Å². The summed E-state index contributed by atoms with van der Waals surface area (Å²) in [5, 5.41) is 4.20. The van der Waals surface area contributed by atoms with Crippen LogP contribution in [-0.4, -0.2) is 34.3 Å². The van der Waals surface area contributed by atoms with Gasteiger partial charge in [0.2, 0.25) is 0 Å². The second kappa shape index (κ2) is 5.02. The van der Waals surface area contributed by atoms with Crippen LogP contribution in [0.3, 0.4) is 0 Å². The lowest BCUT2D eigenvalue weighted by atomic mass is 9.85. The highest BCUT2D eigenvalue weighted by Crippen LogP contribution is 2.40. The van der Waals surface area contributed by atoms with E-state index >= 15 is 0 Å². The van der Waals surface area contributed by atoms with Crippen LogP contribution in [0.2, 0.25) is 0 Å². The Bertz CT molecular complexity index is 396. The first kappa shape index (κ1) is 13.6. The van der Waals surface area contributed by atoms with Crippen molar-refractivity contribution in [3.63, 3.8) is 0 Å². The summed E-state index contributed by atoms with van der Waals surface area (Å²) in [5.74, 6) is 0.627. The molecule has 1 heterocycles. The maximum atomic E-state index is 6.36. The Labute approximate surface area is 110 Å². The number of hydrogen-bond acceptors (Lipinski definition) is 3. The molecule has 1 saturated carbocycles. The van der Waals surface area contributed by atoms with Crippen molar-refractivity contribution >= 4 is 0 Å². The predicted molar refractivity (Wildman–Crippen MR) is 74.0 cm³/mol. The Morgan fingerprint density at radius 1 is 1.56 bits per heavy atom. The molecule has 0 radical (unpaired) electrons. The molecule has 1 aliphatic carbocycles. The number of hydrogen-bond donors (Lipinski definition) is 1. The van der Waals surface area contributed by atoms with Crippen molar-refractivity contribution in [1.82, 2.24) is 14.7 Å². The van der Waals surface area contributed by atoms with Crippen LogP contribution in [0.15, 0.2) is 12.4 Å². The molecule has 0 saturated heterocycles. The zero-order valence-corrected chi connectivity index (χ0v) is 12.1. The van der Waals surface area contributed by atoms with Crippen molar-refractivity contribution < 1.29 is 0 Å². The third kappa shape index (κ3) is 2.93. The molecule has 1 aromatic rings. The largest absolute Gasteiger partial charge is 0.327 e. The van der Waals surface area contributed by atoms with Gasteiger partial charge in [-0.1, -0.05) is 13.8 Å². The molecule has 18 heavy (non-hydrogen) atoms. The van der Waals surface area contributed by atoms with Crippen LogP contribution in [0.4, 0.5) is 0 Å². The molecule has 2 unspecified atom stereocenters. The van der Waals surface area contributed by atoms with Crippen molar-refractivity contribution in [3.05, 3.63) is 18.0 Å². The molecule has 2 rings (SSSR count). The Morgan fingerprint density at radius 2 is 2.28 bits per heavy atom. The van der Waals surface area contributed by atoms with Crippen molar-refractivity contribution in [3.8, 4) is 0 Å². The molecule has 0 amide bonds. The van der Waals surface area contributed by atoms with E-state index in [1.807, 2.05) is 17.9 Å². The SMILES string of the molecule is CN(Cc1cnn(C)c1)CC1CCC(C)(C)C1N. The van der Waals surface area contributed by atoms with Gasteiger partial charge in [-0.05, 0) is 31.2 Å². The molecule has 1 fully saturated rings. The molecule has 0 aromatic carbocycles. The first-order valence-electron chi connectivity index (χ1n) is 6.80. The highest BCUT2D eigenvalue weighted by molar-refractivity contribution is 5.03. The average molecular weight is 250 g/mol. The molecule has 1 aliphatic rings. The molecular formula is C14H26N4.